The van der Waals surface area contributed by atoms with E-state index >= 15 is 0 Å². The lowest BCUT2D eigenvalue weighted by Gasteiger charge is -2.33. The van der Waals surface area contributed by atoms with E-state index in [1.165, 1.54) is 12.1 Å². The van der Waals surface area contributed by atoms with E-state index in [1.807, 2.05) is 0 Å². The van der Waals surface area contributed by atoms with E-state index < -0.39 is 22.5 Å². The van der Waals surface area contributed by atoms with E-state index in [0.717, 1.165) is 0 Å². The Morgan fingerprint density at radius 2 is 1.92 bits per heavy atom. The molecule has 0 atom stereocenters. The van der Waals surface area contributed by atoms with Crippen LogP contribution in [0.15, 0.2) is 18.2 Å². The summed E-state index contributed by atoms with van der Waals surface area (Å²) < 4.78 is 31.6. The molecular formula is C16H21F2N3O4. The van der Waals surface area contributed by atoms with Crippen molar-refractivity contribution in [1.82, 2.24) is 0 Å². The standard InChI is InChI=1S/C16H21F2N3O4/c1-15(2,3)25-14(22)19-12-5-4-11(10-13(12)21(23)24)20-8-6-16(17,18)7-9-20/h4-5,10H,6-9H2,1-3H3,(H,19,22). The van der Waals surface area contributed by atoms with Gasteiger partial charge in [0.15, 0.2) is 0 Å². The van der Waals surface area contributed by atoms with Gasteiger partial charge in [-0.25, -0.2) is 13.6 Å². The zero-order chi connectivity index (χ0) is 18.8. The lowest BCUT2D eigenvalue weighted by Crippen LogP contribution is -2.39. The van der Waals surface area contributed by atoms with Crippen molar-refractivity contribution < 1.29 is 23.2 Å². The number of rotatable bonds is 3. The largest absolute Gasteiger partial charge is 0.444 e. The van der Waals surface area contributed by atoms with E-state index in [4.69, 9.17) is 4.74 Å². The summed E-state index contributed by atoms with van der Waals surface area (Å²) in [4.78, 5) is 24.2. The number of carbonyl (C=O) groups excluding carboxylic acids is 1. The van der Waals surface area contributed by atoms with E-state index in [-0.39, 0.29) is 37.3 Å². The van der Waals surface area contributed by atoms with Crippen LogP contribution >= 0.6 is 0 Å². The highest BCUT2D eigenvalue weighted by atomic mass is 19.3. The molecule has 1 N–H and O–H groups in total. The Kier molecular flexibility index (Phi) is 5.15. The predicted octanol–water partition coefficient (Wildman–Crippen LogP) is 4.18. The van der Waals surface area contributed by atoms with Crippen LogP contribution in [0.2, 0.25) is 0 Å². The maximum absolute atomic E-state index is 13.2. The number of benzene rings is 1. The van der Waals surface area contributed by atoms with Crippen LogP contribution in [0.5, 0.6) is 0 Å². The molecule has 138 valence electrons. The van der Waals surface area contributed by atoms with E-state index in [1.54, 1.807) is 31.7 Å². The van der Waals surface area contributed by atoms with Gasteiger partial charge in [0.25, 0.3) is 11.6 Å². The van der Waals surface area contributed by atoms with Crippen molar-refractivity contribution in [2.45, 2.75) is 45.1 Å². The van der Waals surface area contributed by atoms with E-state index in [9.17, 15) is 23.7 Å². The van der Waals surface area contributed by atoms with Gasteiger partial charge in [-0.15, -0.1) is 0 Å². The number of nitro groups is 1. The minimum Gasteiger partial charge on any atom is -0.444 e. The maximum atomic E-state index is 13.2. The molecular weight excluding hydrogens is 336 g/mol. The van der Waals surface area contributed by atoms with Crippen LogP contribution in [0.4, 0.5) is 30.6 Å². The highest BCUT2D eigenvalue weighted by Crippen LogP contribution is 2.34. The molecule has 1 amide bonds. The number of carbonyl (C=O) groups is 1. The van der Waals surface area contributed by atoms with Gasteiger partial charge in [0, 0.05) is 37.7 Å². The van der Waals surface area contributed by atoms with Crippen molar-refractivity contribution >= 4 is 23.2 Å². The average Bonchev–Trinajstić information content (AvgIpc) is 2.45. The first-order chi connectivity index (χ1) is 11.5. The van der Waals surface area contributed by atoms with E-state index in [0.29, 0.717) is 5.69 Å². The number of piperidine rings is 1. The second kappa shape index (κ2) is 6.81. The minimum absolute atomic E-state index is 0.00895. The van der Waals surface area contributed by atoms with Crippen LogP contribution in [-0.2, 0) is 4.74 Å². The fourth-order valence-electron chi connectivity index (χ4n) is 2.48. The van der Waals surface area contributed by atoms with Crippen molar-refractivity contribution in [3.63, 3.8) is 0 Å². The highest BCUT2D eigenvalue weighted by Gasteiger charge is 2.34. The Morgan fingerprint density at radius 3 is 2.44 bits per heavy atom. The van der Waals surface area contributed by atoms with Gasteiger partial charge in [0.2, 0.25) is 0 Å². The van der Waals surface area contributed by atoms with Gasteiger partial charge in [-0.1, -0.05) is 0 Å². The predicted molar refractivity (Wildman–Crippen MR) is 89.3 cm³/mol. The number of alkyl halides is 2. The lowest BCUT2D eigenvalue weighted by atomic mass is 10.1. The number of nitrogens with zero attached hydrogens (tertiary/aromatic N) is 2. The van der Waals surface area contributed by atoms with Crippen LogP contribution in [-0.4, -0.2) is 35.6 Å². The molecule has 0 bridgehead atoms. The number of anilines is 2. The average molecular weight is 357 g/mol. The van der Waals surface area contributed by atoms with E-state index in [2.05, 4.69) is 5.32 Å². The molecule has 0 aromatic heterocycles. The number of hydrogen-bond donors (Lipinski definition) is 1. The lowest BCUT2D eigenvalue weighted by molar-refractivity contribution is -0.383. The second-order valence-electron chi connectivity index (χ2n) is 6.93. The summed E-state index contributed by atoms with van der Waals surface area (Å²) in [7, 11) is 0. The molecule has 1 aliphatic heterocycles. The number of nitrogens with one attached hydrogen (secondary N) is 1. The molecule has 0 unspecified atom stereocenters. The Morgan fingerprint density at radius 1 is 1.32 bits per heavy atom. The zero-order valence-electron chi connectivity index (χ0n) is 14.3. The monoisotopic (exact) mass is 357 g/mol. The fourth-order valence-corrected chi connectivity index (χ4v) is 2.48. The van der Waals surface area contributed by atoms with Crippen LogP contribution in [0.1, 0.15) is 33.6 Å². The number of ether oxygens (including phenoxy) is 1. The topological polar surface area (TPSA) is 84.7 Å². The Hall–Kier alpha value is -2.45. The smallest absolute Gasteiger partial charge is 0.412 e. The van der Waals surface area contributed by atoms with Crippen molar-refractivity contribution in [2.24, 2.45) is 0 Å². The molecule has 25 heavy (non-hydrogen) atoms. The first kappa shape index (κ1) is 18.9. The third kappa shape index (κ3) is 5.27. The molecule has 7 nitrogen and oxygen atoms in total. The molecule has 0 spiro atoms. The third-order valence-corrected chi connectivity index (χ3v) is 3.67. The summed E-state index contributed by atoms with van der Waals surface area (Å²) in [6.45, 7) is 5.26. The second-order valence-corrected chi connectivity index (χ2v) is 6.93. The Balaban J connectivity index is 2.18. The number of halogens is 2. The molecule has 1 fully saturated rings. The SMILES string of the molecule is CC(C)(C)OC(=O)Nc1ccc(N2CCC(F)(F)CC2)cc1[N+](=O)[O-]. The summed E-state index contributed by atoms with van der Waals surface area (Å²) in [5.41, 5.74) is -0.597. The first-order valence-corrected chi connectivity index (χ1v) is 7.88. The highest BCUT2D eigenvalue weighted by molar-refractivity contribution is 5.88. The molecule has 1 aromatic carbocycles. The number of amides is 1. The normalized spacial score (nSPS) is 17.1. The molecule has 2 rings (SSSR count). The molecule has 0 aliphatic carbocycles. The summed E-state index contributed by atoms with van der Waals surface area (Å²) in [5, 5.41) is 13.7. The quantitative estimate of drug-likeness (QED) is 0.648. The molecule has 0 radical (unpaired) electrons. The van der Waals surface area contributed by atoms with Crippen LogP contribution in [0.25, 0.3) is 0 Å². The molecule has 0 saturated carbocycles. The van der Waals surface area contributed by atoms with Crippen LogP contribution < -0.4 is 10.2 Å². The van der Waals surface area contributed by atoms with Gasteiger partial charge < -0.3 is 9.64 Å². The molecule has 1 heterocycles. The first-order valence-electron chi connectivity index (χ1n) is 7.88. The van der Waals surface area contributed by atoms with Crippen molar-refractivity contribution in [3.05, 3.63) is 28.3 Å². The van der Waals surface area contributed by atoms with Crippen LogP contribution in [0.3, 0.4) is 0 Å². The minimum atomic E-state index is -2.69. The molecule has 1 saturated heterocycles. The Bertz CT molecular complexity index is 664. The van der Waals surface area contributed by atoms with Gasteiger partial charge in [0.1, 0.15) is 11.3 Å². The summed E-state index contributed by atoms with van der Waals surface area (Å²) >= 11 is 0. The van der Waals surface area contributed by atoms with Gasteiger partial charge >= 0.3 is 6.09 Å². The summed E-state index contributed by atoms with van der Waals surface area (Å²) in [6, 6.07) is 4.21. The number of nitro benzene ring substituents is 1. The van der Waals surface area contributed by atoms with Crippen molar-refractivity contribution in [2.75, 3.05) is 23.3 Å². The molecule has 1 aliphatic rings. The maximum Gasteiger partial charge on any atom is 0.412 e. The fraction of sp³-hybridized carbons (Fsp3) is 0.562. The summed E-state index contributed by atoms with van der Waals surface area (Å²) in [6.07, 6.45) is -1.39. The number of hydrogen-bond acceptors (Lipinski definition) is 5. The third-order valence-electron chi connectivity index (χ3n) is 3.67. The van der Waals surface area contributed by atoms with Crippen molar-refractivity contribution in [3.8, 4) is 0 Å². The van der Waals surface area contributed by atoms with Gasteiger partial charge in [0.05, 0.1) is 4.92 Å². The van der Waals surface area contributed by atoms with Gasteiger partial charge in [-0.2, -0.15) is 0 Å². The molecule has 1 aromatic rings. The Labute approximate surface area is 144 Å². The van der Waals surface area contributed by atoms with Gasteiger partial charge in [-0.3, -0.25) is 15.4 Å². The van der Waals surface area contributed by atoms with Crippen molar-refractivity contribution in [1.29, 1.82) is 0 Å². The summed E-state index contributed by atoms with van der Waals surface area (Å²) in [5.74, 6) is -2.69. The molecule has 9 heteroatoms. The van der Waals surface area contributed by atoms with Crippen LogP contribution in [0, 0.1) is 10.1 Å². The zero-order valence-corrected chi connectivity index (χ0v) is 14.3. The van der Waals surface area contributed by atoms with Gasteiger partial charge in [-0.05, 0) is 32.9 Å².